The highest BCUT2D eigenvalue weighted by molar-refractivity contribution is 6.24. The Bertz CT molecular complexity index is 8500. The van der Waals surface area contributed by atoms with Crippen molar-refractivity contribution in [3.63, 3.8) is 0 Å². The van der Waals surface area contributed by atoms with Crippen LogP contribution < -0.4 is 0 Å². The van der Waals surface area contributed by atoms with Crippen LogP contribution in [-0.4, -0.2) is 39.0 Å². The minimum atomic E-state index is 0.579. The average molecular weight is 1560 g/mol. The molecule has 6 heterocycles. The zero-order chi connectivity index (χ0) is 80.3. The maximum Gasteiger partial charge on any atom is 0.164 e. The predicted molar refractivity (Wildman–Crippen MR) is 502 cm³/mol. The van der Waals surface area contributed by atoms with E-state index in [4.69, 9.17) is 38.7 Å². The van der Waals surface area contributed by atoms with Crippen molar-refractivity contribution >= 4 is 131 Å². The quantitative estimate of drug-likeness (QED) is 0.126. The Morgan fingerprint density at radius 1 is 0.180 bits per heavy atom. The van der Waals surface area contributed by atoms with E-state index in [0.29, 0.717) is 34.9 Å². The van der Waals surface area contributed by atoms with Gasteiger partial charge in [0, 0.05) is 87.2 Å². The maximum atomic E-state index is 7.01. The highest BCUT2D eigenvalue weighted by Gasteiger charge is 2.27. The number of hydrogen-bond acceptors (Lipinski definition) is 8. The summed E-state index contributed by atoms with van der Waals surface area (Å²) in [5.41, 5.74) is 22.0. The number of para-hydroxylation sites is 4. The third kappa shape index (κ3) is 11.7. The molecule has 0 aliphatic heterocycles. The number of aromatic nitrogens is 8. The van der Waals surface area contributed by atoms with Gasteiger partial charge < -0.3 is 18.0 Å². The molecule has 568 valence electrons. The molecule has 10 heteroatoms. The van der Waals surface area contributed by atoms with E-state index in [1.54, 1.807) is 0 Å². The summed E-state index contributed by atoms with van der Waals surface area (Å²) >= 11 is 0. The highest BCUT2D eigenvalue weighted by atomic mass is 16.3. The lowest BCUT2D eigenvalue weighted by molar-refractivity contribution is 0.666. The second kappa shape index (κ2) is 28.7. The third-order valence-electron chi connectivity index (χ3n) is 24.1. The van der Waals surface area contributed by atoms with Gasteiger partial charge in [0.1, 0.15) is 11.2 Å². The summed E-state index contributed by atoms with van der Waals surface area (Å²) in [5, 5.41) is 18.0. The number of rotatable bonds is 11. The van der Waals surface area contributed by atoms with Gasteiger partial charge in [0.2, 0.25) is 0 Å². The third-order valence-corrected chi connectivity index (χ3v) is 24.1. The molecule has 0 unspecified atom stereocenters. The van der Waals surface area contributed by atoms with Crippen molar-refractivity contribution in [3.8, 4) is 113 Å². The summed E-state index contributed by atoms with van der Waals surface area (Å²) in [6.07, 6.45) is 0. The van der Waals surface area contributed by atoms with E-state index in [9.17, 15) is 0 Å². The van der Waals surface area contributed by atoms with Crippen molar-refractivity contribution in [3.05, 3.63) is 413 Å². The monoisotopic (exact) mass is 1560 g/mol. The van der Waals surface area contributed by atoms with Crippen molar-refractivity contribution in [1.82, 2.24) is 39.0 Å². The molecule has 0 aliphatic carbocycles. The fourth-order valence-electron chi connectivity index (χ4n) is 18.4. The Labute approximate surface area is 699 Å². The zero-order valence-corrected chi connectivity index (χ0v) is 65.7. The first-order chi connectivity index (χ1) is 60.5. The van der Waals surface area contributed by atoms with Gasteiger partial charge in [-0.15, -0.1) is 0 Å². The van der Waals surface area contributed by atoms with Crippen molar-refractivity contribution in [1.29, 1.82) is 0 Å². The summed E-state index contributed by atoms with van der Waals surface area (Å²) in [4.78, 5) is 31.2. The van der Waals surface area contributed by atoms with Gasteiger partial charge in [0.15, 0.2) is 46.1 Å². The summed E-state index contributed by atoms with van der Waals surface area (Å²) < 4.78 is 18.7. The van der Waals surface area contributed by atoms with Crippen molar-refractivity contribution in [2.45, 2.75) is 0 Å². The van der Waals surface area contributed by atoms with Gasteiger partial charge in [-0.3, -0.25) is 0 Å². The molecule has 6 aromatic heterocycles. The molecule has 0 saturated heterocycles. The van der Waals surface area contributed by atoms with Crippen molar-refractivity contribution in [2.75, 3.05) is 0 Å². The smallest absolute Gasteiger partial charge is 0.164 e. The van der Waals surface area contributed by atoms with Gasteiger partial charge in [-0.2, -0.15) is 0 Å². The molecule has 19 aromatic carbocycles. The molecule has 10 nitrogen and oxygen atoms in total. The van der Waals surface area contributed by atoms with E-state index < -0.39 is 0 Å². The largest absolute Gasteiger partial charge is 0.454 e. The second-order valence-electron chi connectivity index (χ2n) is 31.1. The fourth-order valence-corrected chi connectivity index (χ4v) is 18.4. The first-order valence-electron chi connectivity index (χ1n) is 41.1. The van der Waals surface area contributed by atoms with Crippen molar-refractivity contribution in [2.24, 2.45) is 0 Å². The topological polar surface area (TPSA) is 113 Å². The minimum Gasteiger partial charge on any atom is -0.454 e. The Morgan fingerprint density at radius 3 is 1.02 bits per heavy atom. The molecule has 0 aliphatic rings. The maximum absolute atomic E-state index is 7.01. The second-order valence-corrected chi connectivity index (χ2v) is 31.1. The summed E-state index contributed by atoms with van der Waals surface area (Å²) in [5.74, 6) is 3.59. The summed E-state index contributed by atoms with van der Waals surface area (Å²) in [7, 11) is 0. The number of fused-ring (bicyclic) bond motifs is 18. The molecule has 0 amide bonds. The van der Waals surface area contributed by atoms with Gasteiger partial charge in [-0.25, -0.2) is 29.9 Å². The molecule has 0 spiro atoms. The zero-order valence-electron chi connectivity index (χ0n) is 65.7. The Morgan fingerprint density at radius 2 is 0.516 bits per heavy atom. The lowest BCUT2D eigenvalue weighted by atomic mass is 9.95. The van der Waals surface area contributed by atoms with Crippen LogP contribution in [-0.2, 0) is 0 Å². The fraction of sp³-hybridized carbons (Fsp3) is 0. The van der Waals surface area contributed by atoms with Crippen LogP contribution in [0.4, 0.5) is 0 Å². The highest BCUT2D eigenvalue weighted by Crippen LogP contribution is 2.48. The van der Waals surface area contributed by atoms with Crippen LogP contribution in [0.5, 0.6) is 0 Å². The number of benzene rings is 19. The SMILES string of the molecule is c1ccc(-c2ccc(-c3nc(-c4ccc5ccccc5c4)nc(-c4cccc5oc6c(-n7c8ccccc8c8cc(-c9ccccc9)c9ccccc9c87)cccc6c45)n3)cc2)cc1.c1ccc(-c2ccc(-c3nc(-c4ccc5ccccc5c4)nc(-c4cccc5oc6c(-n7c8ccccc8c8ccc9ccccc9c87)cccc6c45)n3)cc2)cc1. The Balaban J connectivity index is 0.000000139. The van der Waals surface area contributed by atoms with E-state index in [0.717, 1.165) is 149 Å². The van der Waals surface area contributed by atoms with E-state index in [2.05, 4.69) is 385 Å². The molecule has 0 N–H and O–H groups in total. The average Bonchev–Trinajstić information content (AvgIpc) is 1.56. The van der Waals surface area contributed by atoms with Crippen molar-refractivity contribution < 1.29 is 8.83 Å². The van der Waals surface area contributed by atoms with Crippen LogP contribution in [0, 0.1) is 0 Å². The van der Waals surface area contributed by atoms with Crippen LogP contribution in [0.25, 0.3) is 244 Å². The van der Waals surface area contributed by atoms with E-state index in [-0.39, 0.29) is 0 Å². The van der Waals surface area contributed by atoms with Gasteiger partial charge in [0.05, 0.1) is 33.4 Å². The van der Waals surface area contributed by atoms with Crippen LogP contribution in [0.1, 0.15) is 0 Å². The van der Waals surface area contributed by atoms with Gasteiger partial charge in [-0.1, -0.05) is 358 Å². The van der Waals surface area contributed by atoms with E-state index in [1.165, 1.54) is 59.6 Å². The Kier molecular flexibility index (Phi) is 16.4. The van der Waals surface area contributed by atoms with E-state index in [1.807, 2.05) is 36.4 Å². The normalized spacial score (nSPS) is 11.8. The van der Waals surface area contributed by atoms with Gasteiger partial charge in [-0.05, 0) is 120 Å². The summed E-state index contributed by atoms with van der Waals surface area (Å²) in [6, 6.07) is 145. The van der Waals surface area contributed by atoms with Crippen LogP contribution >= 0.6 is 0 Å². The first-order valence-corrected chi connectivity index (χ1v) is 41.1. The lowest BCUT2D eigenvalue weighted by Gasteiger charge is -2.13. The molecule has 122 heavy (non-hydrogen) atoms. The molecule has 0 saturated carbocycles. The lowest BCUT2D eigenvalue weighted by Crippen LogP contribution is -2.00. The predicted octanol–water partition coefficient (Wildman–Crippen LogP) is 29.4. The van der Waals surface area contributed by atoms with Crippen LogP contribution in [0.15, 0.2) is 421 Å². The van der Waals surface area contributed by atoms with Gasteiger partial charge >= 0.3 is 0 Å². The molecular weight excluding hydrogens is 1490 g/mol. The Hall–Kier alpha value is -16.6. The standard InChI is InChI=1S/C59H36N4O.C53H32N4O/c1-3-15-37(16-4-1)39-29-32-41(33-30-39)57-60-58(43-34-31-38-17-7-8-20-42(38)35-43)62-59(61-57)48-25-14-28-53-54(48)47-24-13-27-52(56(47)64-53)63-51-26-12-11-22-45(51)50-36-49(40-18-5-2-6-19-40)44-21-9-10-23-46(44)55(50)63;1-2-12-33(13-3-1)35-24-27-37(28-25-35)51-54-52(39-29-26-34-14-4-5-16-38(34)32-39)56-53(55-51)44-20-11-23-47-48(44)43-19-10-22-46(50(43)58-47)57-45-21-9-8-18-41(45)42-31-30-36-15-6-7-17-40(36)49(42)57/h1-36H;1-32H. The van der Waals surface area contributed by atoms with Crippen LogP contribution in [0.2, 0.25) is 0 Å². The van der Waals surface area contributed by atoms with Crippen LogP contribution in [0.3, 0.4) is 0 Å². The van der Waals surface area contributed by atoms with Gasteiger partial charge in [0.25, 0.3) is 0 Å². The first kappa shape index (κ1) is 69.7. The molecule has 25 rings (SSSR count). The number of furan rings is 2. The van der Waals surface area contributed by atoms with E-state index >= 15 is 0 Å². The number of hydrogen-bond donors (Lipinski definition) is 0. The molecule has 25 aromatic rings. The molecule has 0 radical (unpaired) electrons. The molecule has 0 bridgehead atoms. The summed E-state index contributed by atoms with van der Waals surface area (Å²) in [6.45, 7) is 0. The number of nitrogens with zero attached hydrogens (tertiary/aromatic N) is 8. The molecule has 0 fully saturated rings. The minimum absolute atomic E-state index is 0.579. The molecule has 0 atom stereocenters. The molecular formula is C112H68N8O2.